The maximum atomic E-state index is 12.8. The lowest BCUT2D eigenvalue weighted by Crippen LogP contribution is -2.25. The second-order valence-electron chi connectivity index (χ2n) is 5.61. The first-order chi connectivity index (χ1) is 11.7. The fraction of sp³-hybridized carbons (Fsp3) is 0.353. The highest BCUT2D eigenvalue weighted by Gasteiger charge is 2.31. The van der Waals surface area contributed by atoms with E-state index in [4.69, 9.17) is 4.74 Å². The molecule has 6 nitrogen and oxygen atoms in total. The molecule has 1 aromatic carbocycles. The van der Waals surface area contributed by atoms with Crippen molar-refractivity contribution in [2.24, 2.45) is 7.05 Å². The third kappa shape index (κ3) is 4.13. The average Bonchev–Trinajstić information content (AvgIpc) is 2.79. The van der Waals surface area contributed by atoms with Gasteiger partial charge in [0.2, 0.25) is 10.0 Å². The van der Waals surface area contributed by atoms with Crippen LogP contribution in [-0.2, 0) is 28.4 Å². The maximum absolute atomic E-state index is 12.8. The van der Waals surface area contributed by atoms with Gasteiger partial charge in [-0.05, 0) is 38.5 Å². The Morgan fingerprint density at radius 3 is 2.36 bits per heavy atom. The van der Waals surface area contributed by atoms with E-state index in [0.717, 1.165) is 10.0 Å². The van der Waals surface area contributed by atoms with Crippen LogP contribution in [0.3, 0.4) is 0 Å². The Balaban J connectivity index is 2.39. The fourth-order valence-electron chi connectivity index (χ4n) is 2.54. The van der Waals surface area contributed by atoms with Gasteiger partial charge in [0.05, 0.1) is 6.61 Å². The average molecular weight is 429 g/mol. The molecule has 2 aromatic rings. The lowest BCUT2D eigenvalue weighted by Gasteiger charge is -2.09. The molecule has 0 bridgehead atoms. The predicted octanol–water partition coefficient (Wildman–Crippen LogP) is 3.06. The van der Waals surface area contributed by atoms with Gasteiger partial charge < -0.3 is 9.30 Å². The van der Waals surface area contributed by atoms with E-state index in [1.165, 1.54) is 0 Å². The van der Waals surface area contributed by atoms with Gasteiger partial charge in [-0.1, -0.05) is 28.1 Å². The van der Waals surface area contributed by atoms with E-state index in [1.807, 2.05) is 24.3 Å². The van der Waals surface area contributed by atoms with Crippen molar-refractivity contribution in [3.05, 3.63) is 51.3 Å². The van der Waals surface area contributed by atoms with Crippen molar-refractivity contribution in [1.82, 2.24) is 9.29 Å². The van der Waals surface area contributed by atoms with Gasteiger partial charge >= 0.3 is 5.97 Å². The molecule has 0 aliphatic heterocycles. The summed E-state index contributed by atoms with van der Waals surface area (Å²) in [4.78, 5) is 12.3. The minimum Gasteiger partial charge on any atom is -0.462 e. The van der Waals surface area contributed by atoms with Crippen LogP contribution in [-0.4, -0.2) is 25.6 Å². The highest BCUT2D eigenvalue weighted by atomic mass is 79.9. The number of rotatable bonds is 6. The number of esters is 1. The first-order valence-corrected chi connectivity index (χ1v) is 10.0. The second kappa shape index (κ2) is 7.72. The van der Waals surface area contributed by atoms with Crippen molar-refractivity contribution in [1.29, 1.82) is 0 Å². The van der Waals surface area contributed by atoms with Gasteiger partial charge in [-0.3, -0.25) is 0 Å². The van der Waals surface area contributed by atoms with Gasteiger partial charge in [-0.2, -0.15) is 0 Å². The van der Waals surface area contributed by atoms with Crippen molar-refractivity contribution >= 4 is 31.9 Å². The molecule has 1 N–H and O–H groups in total. The van der Waals surface area contributed by atoms with E-state index < -0.39 is 16.0 Å². The van der Waals surface area contributed by atoms with E-state index in [2.05, 4.69) is 20.7 Å². The summed E-state index contributed by atoms with van der Waals surface area (Å²) in [6, 6.07) is 7.32. The molecular weight excluding hydrogens is 408 g/mol. The number of benzene rings is 1. The van der Waals surface area contributed by atoms with Gasteiger partial charge in [0.25, 0.3) is 0 Å². The van der Waals surface area contributed by atoms with Crippen LogP contribution in [0, 0.1) is 13.8 Å². The van der Waals surface area contributed by atoms with Gasteiger partial charge in [0.1, 0.15) is 10.5 Å². The number of carbonyl (C=O) groups is 1. The molecule has 0 fully saturated rings. The van der Waals surface area contributed by atoms with Crippen LogP contribution in [0.2, 0.25) is 0 Å². The topological polar surface area (TPSA) is 77.4 Å². The molecule has 0 amide bonds. The molecule has 0 unspecified atom stereocenters. The van der Waals surface area contributed by atoms with E-state index in [0.29, 0.717) is 11.4 Å². The summed E-state index contributed by atoms with van der Waals surface area (Å²) in [7, 11) is -2.15. The second-order valence-corrected chi connectivity index (χ2v) is 8.22. The predicted molar refractivity (Wildman–Crippen MR) is 99.0 cm³/mol. The molecule has 0 saturated heterocycles. The van der Waals surface area contributed by atoms with Gasteiger partial charge in [0, 0.05) is 29.5 Å². The van der Waals surface area contributed by atoms with Crippen LogP contribution in [0.15, 0.2) is 33.6 Å². The molecule has 0 aliphatic carbocycles. The lowest BCUT2D eigenvalue weighted by molar-refractivity contribution is 0.0521. The highest BCUT2D eigenvalue weighted by Crippen LogP contribution is 2.27. The molecule has 136 valence electrons. The van der Waals surface area contributed by atoms with E-state index in [9.17, 15) is 13.2 Å². The number of hydrogen-bond acceptors (Lipinski definition) is 4. The number of nitrogens with zero attached hydrogens (tertiary/aromatic N) is 1. The van der Waals surface area contributed by atoms with E-state index in [-0.39, 0.29) is 23.6 Å². The quantitative estimate of drug-likeness (QED) is 0.717. The molecule has 0 radical (unpaired) electrons. The molecular formula is C17H21BrN2O4S. The van der Waals surface area contributed by atoms with Crippen molar-refractivity contribution < 1.29 is 17.9 Å². The fourth-order valence-corrected chi connectivity index (χ4v) is 4.33. The molecule has 25 heavy (non-hydrogen) atoms. The van der Waals surface area contributed by atoms with E-state index in [1.54, 1.807) is 32.4 Å². The number of hydrogen-bond donors (Lipinski definition) is 1. The number of sulfonamides is 1. The highest BCUT2D eigenvalue weighted by molar-refractivity contribution is 9.10. The number of ether oxygens (including phenoxy) is 1. The normalized spacial score (nSPS) is 11.6. The first-order valence-electron chi connectivity index (χ1n) is 7.76. The Labute approximate surface area is 156 Å². The SMILES string of the molecule is CCOC(=O)c1c(S(=O)(=O)NCc2ccc(Br)cc2)c(C)n(C)c1C. The van der Waals surface area contributed by atoms with Crippen LogP contribution in [0.1, 0.15) is 34.2 Å². The molecule has 0 aliphatic rings. The van der Waals surface area contributed by atoms with Gasteiger partial charge in [0.15, 0.2) is 0 Å². The lowest BCUT2D eigenvalue weighted by atomic mass is 10.2. The monoisotopic (exact) mass is 428 g/mol. The Hall–Kier alpha value is -1.64. The Morgan fingerprint density at radius 1 is 1.20 bits per heavy atom. The number of aromatic nitrogens is 1. The molecule has 8 heteroatoms. The third-order valence-electron chi connectivity index (χ3n) is 4.05. The summed E-state index contributed by atoms with van der Waals surface area (Å²) >= 11 is 3.34. The molecule has 0 spiro atoms. The maximum Gasteiger partial charge on any atom is 0.341 e. The molecule has 2 rings (SSSR count). The van der Waals surface area contributed by atoms with Gasteiger partial charge in [-0.25, -0.2) is 17.9 Å². The Bertz CT molecular complexity index is 886. The summed E-state index contributed by atoms with van der Waals surface area (Å²) < 4.78 is 35.9. The van der Waals surface area contributed by atoms with Gasteiger partial charge in [-0.15, -0.1) is 0 Å². The van der Waals surface area contributed by atoms with Crippen LogP contribution in [0.25, 0.3) is 0 Å². The zero-order valence-corrected chi connectivity index (χ0v) is 17.0. The van der Waals surface area contributed by atoms with Crippen LogP contribution >= 0.6 is 15.9 Å². The molecule has 1 heterocycles. The summed E-state index contributed by atoms with van der Waals surface area (Å²) in [5.41, 5.74) is 1.95. The third-order valence-corrected chi connectivity index (χ3v) is 6.14. The summed E-state index contributed by atoms with van der Waals surface area (Å²) in [5.74, 6) is -0.632. The zero-order chi connectivity index (χ0) is 18.8. The minimum atomic E-state index is -3.88. The van der Waals surface area contributed by atoms with Crippen molar-refractivity contribution in [2.75, 3.05) is 6.61 Å². The number of carbonyl (C=O) groups excluding carboxylic acids is 1. The Morgan fingerprint density at radius 2 is 1.80 bits per heavy atom. The summed E-state index contributed by atoms with van der Waals surface area (Å²) in [6.07, 6.45) is 0. The van der Waals surface area contributed by atoms with Crippen molar-refractivity contribution in [3.63, 3.8) is 0 Å². The van der Waals surface area contributed by atoms with E-state index >= 15 is 0 Å². The van der Waals surface area contributed by atoms with Crippen molar-refractivity contribution in [3.8, 4) is 0 Å². The number of nitrogens with one attached hydrogen (secondary N) is 1. The summed E-state index contributed by atoms with van der Waals surface area (Å²) in [6.45, 7) is 5.36. The van der Waals surface area contributed by atoms with Crippen molar-refractivity contribution in [2.45, 2.75) is 32.2 Å². The molecule has 1 aromatic heterocycles. The van der Waals surface area contributed by atoms with Crippen LogP contribution in [0.5, 0.6) is 0 Å². The molecule has 0 atom stereocenters. The summed E-state index contributed by atoms with van der Waals surface area (Å²) in [5, 5.41) is 0. The standard InChI is InChI=1S/C17H21BrN2O4S/c1-5-24-17(21)15-11(2)20(4)12(3)16(15)25(22,23)19-10-13-6-8-14(18)9-7-13/h6-9,19H,5,10H2,1-4H3. The van der Waals surface area contributed by atoms with Crippen LogP contribution < -0.4 is 4.72 Å². The first kappa shape index (κ1) is 19.7. The zero-order valence-electron chi connectivity index (χ0n) is 14.6. The smallest absolute Gasteiger partial charge is 0.341 e. The number of halogens is 1. The minimum absolute atomic E-state index is 0.0249. The van der Waals surface area contributed by atoms with Crippen LogP contribution in [0.4, 0.5) is 0 Å². The Kier molecular flexibility index (Phi) is 6.08. The largest absolute Gasteiger partial charge is 0.462 e. The molecule has 0 saturated carbocycles.